The van der Waals surface area contributed by atoms with Crippen LogP contribution in [0.3, 0.4) is 0 Å². The van der Waals surface area contributed by atoms with Gasteiger partial charge >= 0.3 is 5.76 Å². The molecule has 0 saturated carbocycles. The predicted molar refractivity (Wildman–Crippen MR) is 128 cm³/mol. The van der Waals surface area contributed by atoms with Crippen LogP contribution in [0.15, 0.2) is 70.0 Å². The SMILES string of the molecule is Cc1cc2c(cc1C(=O)c1ccc(Cl)cc1)oc(=O)n2CN1CCN(c2ccccn2)CC1. The van der Waals surface area contributed by atoms with Crippen LogP contribution < -0.4 is 10.7 Å². The first-order chi connectivity index (χ1) is 16.0. The van der Waals surface area contributed by atoms with Crippen molar-refractivity contribution in [2.45, 2.75) is 13.6 Å². The maximum Gasteiger partial charge on any atom is 0.421 e. The molecule has 0 radical (unpaired) electrons. The van der Waals surface area contributed by atoms with Crippen LogP contribution in [-0.4, -0.2) is 46.4 Å². The van der Waals surface area contributed by atoms with Crippen LogP contribution in [0.25, 0.3) is 11.1 Å². The number of nitrogens with zero attached hydrogens (tertiary/aromatic N) is 4. The minimum Gasteiger partial charge on any atom is -0.408 e. The second-order valence-electron chi connectivity index (χ2n) is 8.20. The molecule has 1 aliphatic rings. The van der Waals surface area contributed by atoms with E-state index in [1.54, 1.807) is 41.1 Å². The molecule has 1 aliphatic heterocycles. The normalized spacial score (nSPS) is 14.7. The second-order valence-corrected chi connectivity index (χ2v) is 8.64. The number of rotatable bonds is 5. The lowest BCUT2D eigenvalue weighted by Gasteiger charge is -2.35. The number of oxazole rings is 1. The van der Waals surface area contributed by atoms with Gasteiger partial charge in [-0.05, 0) is 61.0 Å². The summed E-state index contributed by atoms with van der Waals surface area (Å²) in [5, 5.41) is 0.572. The highest BCUT2D eigenvalue weighted by Crippen LogP contribution is 2.23. The van der Waals surface area contributed by atoms with Gasteiger partial charge in [0, 0.05) is 48.5 Å². The van der Waals surface area contributed by atoms with E-state index in [2.05, 4.69) is 14.8 Å². The van der Waals surface area contributed by atoms with Crippen LogP contribution in [-0.2, 0) is 6.67 Å². The molecule has 2 aromatic carbocycles. The van der Waals surface area contributed by atoms with Crippen LogP contribution in [0, 0.1) is 6.92 Å². The van der Waals surface area contributed by atoms with Gasteiger partial charge in [-0.2, -0.15) is 0 Å². The Morgan fingerprint density at radius 1 is 1.06 bits per heavy atom. The van der Waals surface area contributed by atoms with Gasteiger partial charge in [-0.3, -0.25) is 14.3 Å². The van der Waals surface area contributed by atoms with E-state index >= 15 is 0 Å². The summed E-state index contributed by atoms with van der Waals surface area (Å²) in [5.74, 6) is 0.413. The molecule has 5 rings (SSSR count). The average molecular weight is 463 g/mol. The summed E-state index contributed by atoms with van der Waals surface area (Å²) in [7, 11) is 0. The number of halogens is 1. The third kappa shape index (κ3) is 4.29. The fourth-order valence-electron chi connectivity index (χ4n) is 4.21. The second kappa shape index (κ2) is 8.84. The number of piperazine rings is 1. The highest BCUT2D eigenvalue weighted by Gasteiger charge is 2.21. The first-order valence-corrected chi connectivity index (χ1v) is 11.2. The van der Waals surface area contributed by atoms with E-state index in [-0.39, 0.29) is 5.78 Å². The van der Waals surface area contributed by atoms with Crippen molar-refractivity contribution < 1.29 is 9.21 Å². The Kier molecular flexibility index (Phi) is 5.74. The van der Waals surface area contributed by atoms with Crippen molar-refractivity contribution in [3.8, 4) is 0 Å². The van der Waals surface area contributed by atoms with Crippen molar-refractivity contribution in [2.24, 2.45) is 0 Å². The molecule has 0 atom stereocenters. The summed E-state index contributed by atoms with van der Waals surface area (Å²) in [6, 6.07) is 16.2. The number of fused-ring (bicyclic) bond motifs is 1. The molecule has 0 N–H and O–H groups in total. The molecule has 8 heteroatoms. The first kappa shape index (κ1) is 21.4. The summed E-state index contributed by atoms with van der Waals surface area (Å²) in [6.07, 6.45) is 1.80. The lowest BCUT2D eigenvalue weighted by atomic mass is 9.98. The van der Waals surface area contributed by atoms with E-state index < -0.39 is 5.76 Å². The van der Waals surface area contributed by atoms with E-state index in [0.717, 1.165) is 37.6 Å². The van der Waals surface area contributed by atoms with E-state index in [4.69, 9.17) is 16.0 Å². The summed E-state index contributed by atoms with van der Waals surface area (Å²) < 4.78 is 7.15. The Morgan fingerprint density at radius 3 is 2.52 bits per heavy atom. The molecular weight excluding hydrogens is 440 g/mol. The lowest BCUT2D eigenvalue weighted by molar-refractivity contribution is 0.103. The number of hydrogen-bond acceptors (Lipinski definition) is 6. The monoisotopic (exact) mass is 462 g/mol. The zero-order valence-corrected chi connectivity index (χ0v) is 19.0. The van der Waals surface area contributed by atoms with Crippen LogP contribution in [0.5, 0.6) is 0 Å². The number of hydrogen-bond donors (Lipinski definition) is 0. The van der Waals surface area contributed by atoms with Gasteiger partial charge in [0.15, 0.2) is 11.4 Å². The summed E-state index contributed by atoms with van der Waals surface area (Å²) in [6.45, 7) is 5.59. The molecule has 2 aromatic heterocycles. The summed E-state index contributed by atoms with van der Waals surface area (Å²) >= 11 is 5.94. The Morgan fingerprint density at radius 2 is 1.82 bits per heavy atom. The van der Waals surface area contributed by atoms with Crippen molar-refractivity contribution in [1.82, 2.24) is 14.5 Å². The molecule has 3 heterocycles. The smallest absolute Gasteiger partial charge is 0.408 e. The molecule has 7 nitrogen and oxygen atoms in total. The minimum atomic E-state index is -0.423. The van der Waals surface area contributed by atoms with Gasteiger partial charge < -0.3 is 9.32 Å². The van der Waals surface area contributed by atoms with Gasteiger partial charge in [0.2, 0.25) is 0 Å². The van der Waals surface area contributed by atoms with Gasteiger partial charge in [-0.15, -0.1) is 0 Å². The van der Waals surface area contributed by atoms with Gasteiger partial charge in [0.25, 0.3) is 0 Å². The van der Waals surface area contributed by atoms with E-state index in [1.807, 2.05) is 31.2 Å². The van der Waals surface area contributed by atoms with Crippen molar-refractivity contribution in [2.75, 3.05) is 31.1 Å². The van der Waals surface area contributed by atoms with E-state index in [9.17, 15) is 9.59 Å². The number of aromatic nitrogens is 2. The van der Waals surface area contributed by atoms with Gasteiger partial charge in [0.1, 0.15) is 5.82 Å². The Labute approximate surface area is 195 Å². The highest BCUT2D eigenvalue weighted by atomic mass is 35.5. The standard InChI is InChI=1S/C25H23ClN4O3/c1-17-14-21-22(15-20(17)24(31)18-5-7-19(26)8-6-18)33-25(32)30(21)16-28-10-12-29(13-11-28)23-4-2-3-9-27-23/h2-9,14-15H,10-13,16H2,1H3. The first-order valence-electron chi connectivity index (χ1n) is 10.8. The topological polar surface area (TPSA) is 71.6 Å². The van der Waals surface area contributed by atoms with Crippen molar-refractivity contribution >= 4 is 34.3 Å². The predicted octanol–water partition coefficient (Wildman–Crippen LogP) is 3.96. The fourth-order valence-corrected chi connectivity index (χ4v) is 4.33. The quantitative estimate of drug-likeness (QED) is 0.418. The molecule has 1 fully saturated rings. The molecule has 168 valence electrons. The Hall–Kier alpha value is -3.42. The third-order valence-corrected chi connectivity index (χ3v) is 6.30. The van der Waals surface area contributed by atoms with Crippen molar-refractivity contribution in [3.05, 3.63) is 93.1 Å². The number of anilines is 1. The van der Waals surface area contributed by atoms with E-state index in [1.165, 1.54) is 0 Å². The van der Waals surface area contributed by atoms with Crippen LogP contribution in [0.1, 0.15) is 21.5 Å². The number of benzene rings is 2. The molecule has 0 spiro atoms. The fraction of sp³-hybridized carbons (Fsp3) is 0.240. The number of ketones is 1. The van der Waals surface area contributed by atoms with Gasteiger partial charge in [-0.25, -0.2) is 9.78 Å². The number of carbonyl (C=O) groups excluding carboxylic acids is 1. The third-order valence-electron chi connectivity index (χ3n) is 6.05. The minimum absolute atomic E-state index is 0.132. The molecule has 0 bridgehead atoms. The van der Waals surface area contributed by atoms with Crippen molar-refractivity contribution in [3.63, 3.8) is 0 Å². The van der Waals surface area contributed by atoms with Crippen LogP contribution in [0.2, 0.25) is 5.02 Å². The van der Waals surface area contributed by atoms with Crippen LogP contribution in [0.4, 0.5) is 5.82 Å². The molecule has 4 aromatic rings. The zero-order valence-electron chi connectivity index (χ0n) is 18.2. The Bertz CT molecular complexity index is 1350. The van der Waals surface area contributed by atoms with Gasteiger partial charge in [0.05, 0.1) is 12.2 Å². The van der Waals surface area contributed by atoms with Crippen molar-refractivity contribution in [1.29, 1.82) is 0 Å². The van der Waals surface area contributed by atoms with Crippen LogP contribution >= 0.6 is 11.6 Å². The highest BCUT2D eigenvalue weighted by molar-refractivity contribution is 6.30. The average Bonchev–Trinajstić information content (AvgIpc) is 3.13. The lowest BCUT2D eigenvalue weighted by Crippen LogP contribution is -2.47. The summed E-state index contributed by atoms with van der Waals surface area (Å²) in [5.41, 5.74) is 2.94. The maximum atomic E-state index is 13.0. The number of aryl methyl sites for hydroxylation is 1. The zero-order chi connectivity index (χ0) is 22.9. The molecule has 0 amide bonds. The largest absolute Gasteiger partial charge is 0.421 e. The maximum absolute atomic E-state index is 13.0. The molecule has 1 saturated heterocycles. The number of carbonyl (C=O) groups is 1. The van der Waals surface area contributed by atoms with E-state index in [0.29, 0.717) is 33.9 Å². The molecule has 0 aliphatic carbocycles. The molecule has 33 heavy (non-hydrogen) atoms. The molecular formula is C25H23ClN4O3. The van der Waals surface area contributed by atoms with Gasteiger partial charge in [-0.1, -0.05) is 17.7 Å². The number of pyridine rings is 1. The Balaban J connectivity index is 1.36. The molecule has 0 unspecified atom stereocenters. The summed E-state index contributed by atoms with van der Waals surface area (Å²) in [4.78, 5) is 34.5.